The first-order valence-corrected chi connectivity index (χ1v) is 11.3. The molecule has 4 rings (SSSR count). The minimum atomic E-state index is -2.89. The van der Waals surface area contributed by atoms with E-state index in [9.17, 15) is 13.8 Å². The molecule has 3 aromatic rings. The molecule has 1 amide bonds. The number of guanidine groups is 1. The van der Waals surface area contributed by atoms with Crippen LogP contribution in [0.1, 0.15) is 40.2 Å². The summed E-state index contributed by atoms with van der Waals surface area (Å²) >= 11 is 0. The second-order valence-electron chi connectivity index (χ2n) is 7.57. The first kappa shape index (κ1) is 22.5. The Balaban J connectivity index is 1.66. The van der Waals surface area contributed by atoms with Crippen LogP contribution in [0.3, 0.4) is 0 Å². The van der Waals surface area contributed by atoms with Gasteiger partial charge in [0.1, 0.15) is 5.82 Å². The molecule has 33 heavy (non-hydrogen) atoms. The molecule has 1 aliphatic rings. The van der Waals surface area contributed by atoms with E-state index in [1.54, 1.807) is 30.3 Å². The zero-order valence-electron chi connectivity index (χ0n) is 17.7. The topological polar surface area (TPSA) is 113 Å². The molecule has 0 aliphatic heterocycles. The zero-order valence-corrected chi connectivity index (χ0v) is 18.6. The summed E-state index contributed by atoms with van der Waals surface area (Å²) in [5, 5.41) is 5.81. The fourth-order valence-corrected chi connectivity index (χ4v) is 3.45. The van der Waals surface area contributed by atoms with Gasteiger partial charge in [0.2, 0.25) is 5.96 Å². The monoisotopic (exact) mass is 467 g/mol. The van der Waals surface area contributed by atoms with Gasteiger partial charge in [-0.05, 0) is 67.6 Å². The molecule has 3 N–H and O–H groups in total. The van der Waals surface area contributed by atoms with Gasteiger partial charge in [0.05, 0.1) is 0 Å². The van der Waals surface area contributed by atoms with Gasteiger partial charge in [-0.15, -0.1) is 4.89 Å². The van der Waals surface area contributed by atoms with Crippen LogP contribution < -0.4 is 15.2 Å². The maximum atomic E-state index is 13.8. The smallest absolute Gasteiger partial charge is 0.325 e. The molecule has 10 heteroatoms. The molecule has 1 aliphatic carbocycles. The van der Waals surface area contributed by atoms with E-state index >= 15 is 0 Å². The quantitative estimate of drug-likeness (QED) is 0.268. The number of carbonyl (C=O) groups is 1. The Morgan fingerprint density at radius 2 is 1.94 bits per heavy atom. The molecule has 1 fully saturated rings. The van der Waals surface area contributed by atoms with Crippen molar-refractivity contribution in [3.8, 4) is 5.88 Å². The van der Waals surface area contributed by atoms with E-state index in [1.807, 2.05) is 19.1 Å². The molecule has 8 nitrogen and oxygen atoms in total. The summed E-state index contributed by atoms with van der Waals surface area (Å²) < 4.78 is 29.5. The molecule has 1 aromatic heterocycles. The van der Waals surface area contributed by atoms with Crippen LogP contribution in [0, 0.1) is 12.7 Å². The fraction of sp³-hybridized carbons (Fsp3) is 0.174. The Hall–Kier alpha value is -3.68. The minimum absolute atomic E-state index is 0.0621. The third kappa shape index (κ3) is 6.19. The van der Waals surface area contributed by atoms with Crippen LogP contribution in [0.5, 0.6) is 5.88 Å². The highest BCUT2D eigenvalue weighted by Crippen LogP contribution is 2.43. The van der Waals surface area contributed by atoms with Crippen LogP contribution in [0.25, 0.3) is 0 Å². The predicted molar refractivity (Wildman–Crippen MR) is 122 cm³/mol. The number of aliphatic imine (C=N–C) groups is 1. The van der Waals surface area contributed by atoms with Gasteiger partial charge < -0.3 is 5.32 Å². The lowest BCUT2D eigenvalue weighted by molar-refractivity contribution is 0.0977. The molecule has 1 saturated carbocycles. The summed E-state index contributed by atoms with van der Waals surface area (Å²) in [5.74, 6) is -0.396. The molecule has 0 saturated heterocycles. The molecule has 0 spiro atoms. The lowest BCUT2D eigenvalue weighted by atomic mass is 10.1. The molecule has 0 bridgehead atoms. The molecular weight excluding hydrogens is 446 g/mol. The van der Waals surface area contributed by atoms with Gasteiger partial charge in [0.25, 0.3) is 11.8 Å². The van der Waals surface area contributed by atoms with E-state index in [0.29, 0.717) is 11.3 Å². The number of hydrogen-bond acceptors (Lipinski definition) is 5. The number of aromatic nitrogens is 1. The largest absolute Gasteiger partial charge is 0.749 e. The van der Waals surface area contributed by atoms with Crippen molar-refractivity contribution in [1.82, 2.24) is 10.3 Å². The maximum Gasteiger partial charge on any atom is 0.749 e. The average molecular weight is 467 g/mol. The zero-order chi connectivity index (χ0) is 23.4. The summed E-state index contributed by atoms with van der Waals surface area (Å²) in [6.45, 7) is 1.92. The normalized spacial score (nSPS) is 13.9. The van der Waals surface area contributed by atoms with Crippen molar-refractivity contribution >= 4 is 31.6 Å². The second-order valence-corrected chi connectivity index (χ2v) is 8.23. The van der Waals surface area contributed by atoms with E-state index in [4.69, 9.17) is 9.42 Å². The number of amides is 1. The van der Waals surface area contributed by atoms with Crippen molar-refractivity contribution < 1.29 is 23.2 Å². The lowest BCUT2D eigenvalue weighted by Crippen LogP contribution is -2.36. The summed E-state index contributed by atoms with van der Waals surface area (Å²) in [6.07, 6.45) is 1.92. The number of rotatable bonds is 6. The number of aryl methyl sites for hydroxylation is 1. The van der Waals surface area contributed by atoms with Gasteiger partial charge in [-0.3, -0.25) is 10.1 Å². The van der Waals surface area contributed by atoms with Crippen LogP contribution in [0.15, 0.2) is 65.7 Å². The summed E-state index contributed by atoms with van der Waals surface area (Å²) in [5.41, 5.74) is 2.86. The highest BCUT2D eigenvalue weighted by molar-refractivity contribution is 7.32. The third-order valence-corrected chi connectivity index (χ3v) is 5.28. The van der Waals surface area contributed by atoms with Gasteiger partial charge in [-0.1, -0.05) is 23.8 Å². The number of hydrogen-bond donors (Lipinski definition) is 3. The summed E-state index contributed by atoms with van der Waals surface area (Å²) in [6, 6.07) is 15.9. The SMILES string of the molecule is Cc1ccc(C(=O)NC(=Nc2cccc(O[P+](=O)O)n2)Nc2ccc(F)cc2C2CC2)cc1. The average Bonchev–Trinajstić information content (AvgIpc) is 3.60. The van der Waals surface area contributed by atoms with Crippen LogP contribution in [-0.4, -0.2) is 21.7 Å². The van der Waals surface area contributed by atoms with Gasteiger partial charge in [-0.25, -0.2) is 8.91 Å². The molecule has 1 heterocycles. The highest BCUT2D eigenvalue weighted by atomic mass is 31.1. The molecule has 168 valence electrons. The predicted octanol–water partition coefficient (Wildman–Crippen LogP) is 4.96. The number of halogens is 1. The number of nitrogens with zero attached hydrogens (tertiary/aromatic N) is 2. The first-order valence-electron chi connectivity index (χ1n) is 10.2. The van der Waals surface area contributed by atoms with E-state index in [0.717, 1.165) is 24.0 Å². The lowest BCUT2D eigenvalue weighted by Gasteiger charge is -2.15. The first-order chi connectivity index (χ1) is 15.9. The standard InChI is InChI=1S/C23H20FN4O4P/c1-14-5-7-16(8-6-14)22(29)28-23(27-20-3-2-4-21(26-20)32-33(30)31)25-19-12-11-17(24)13-18(19)15-9-10-15/h2-8,11-13,15H,9-10H2,1H3,(H2-,25,26,27,28,29,30,31)/p+1. The maximum absolute atomic E-state index is 13.8. The fourth-order valence-electron chi connectivity index (χ4n) is 3.19. The van der Waals surface area contributed by atoms with Crippen molar-refractivity contribution in [2.45, 2.75) is 25.7 Å². The molecule has 1 unspecified atom stereocenters. The van der Waals surface area contributed by atoms with E-state index in [2.05, 4.69) is 20.6 Å². The Labute approximate surface area is 190 Å². The van der Waals surface area contributed by atoms with Crippen molar-refractivity contribution in [2.24, 2.45) is 4.99 Å². The second kappa shape index (κ2) is 9.85. The van der Waals surface area contributed by atoms with Crippen molar-refractivity contribution in [3.05, 3.63) is 83.2 Å². The Morgan fingerprint density at radius 3 is 2.64 bits per heavy atom. The van der Waals surface area contributed by atoms with Crippen molar-refractivity contribution in [3.63, 3.8) is 0 Å². The number of nitrogens with one attached hydrogen (secondary N) is 2. The number of carbonyl (C=O) groups excluding carboxylic acids is 1. The molecular formula is C23H21FN4O4P+. The summed E-state index contributed by atoms with van der Waals surface area (Å²) in [7, 11) is -2.89. The minimum Gasteiger partial charge on any atom is -0.325 e. The number of pyridine rings is 1. The number of benzene rings is 2. The van der Waals surface area contributed by atoms with Gasteiger partial charge in [0, 0.05) is 21.9 Å². The Bertz CT molecular complexity index is 1230. The van der Waals surface area contributed by atoms with Crippen LogP contribution >= 0.6 is 8.25 Å². The molecule has 2 aromatic carbocycles. The Morgan fingerprint density at radius 1 is 1.18 bits per heavy atom. The van der Waals surface area contributed by atoms with Gasteiger partial charge in [0.15, 0.2) is 5.82 Å². The van der Waals surface area contributed by atoms with Crippen LogP contribution in [-0.2, 0) is 4.57 Å². The molecule has 0 radical (unpaired) electrons. The van der Waals surface area contributed by atoms with Gasteiger partial charge >= 0.3 is 8.25 Å². The summed E-state index contributed by atoms with van der Waals surface area (Å²) in [4.78, 5) is 30.2. The van der Waals surface area contributed by atoms with Crippen LogP contribution in [0.2, 0.25) is 0 Å². The third-order valence-electron chi connectivity index (χ3n) is 4.94. The van der Waals surface area contributed by atoms with Crippen LogP contribution in [0.4, 0.5) is 15.9 Å². The van der Waals surface area contributed by atoms with E-state index in [-0.39, 0.29) is 29.4 Å². The molecule has 1 atom stereocenters. The van der Waals surface area contributed by atoms with Crippen molar-refractivity contribution in [2.75, 3.05) is 5.32 Å². The van der Waals surface area contributed by atoms with Gasteiger partial charge in [-0.2, -0.15) is 9.98 Å². The highest BCUT2D eigenvalue weighted by Gasteiger charge is 2.27. The number of anilines is 1. The van der Waals surface area contributed by atoms with Crippen molar-refractivity contribution in [1.29, 1.82) is 0 Å². The van der Waals surface area contributed by atoms with E-state index < -0.39 is 14.2 Å². The van der Waals surface area contributed by atoms with E-state index in [1.165, 1.54) is 18.2 Å². The Kier molecular flexibility index (Phi) is 6.72.